The van der Waals surface area contributed by atoms with Gasteiger partial charge in [-0.05, 0) is 115 Å². The largest absolute Gasteiger partial charge is 0.507 e. The fourth-order valence-corrected chi connectivity index (χ4v) is 4.43. The fourth-order valence-electron chi connectivity index (χ4n) is 4.43. The summed E-state index contributed by atoms with van der Waals surface area (Å²) in [5.74, 6) is 1.61. The number of phenolic OH excluding ortho intramolecular Hbond substituents is 1. The summed E-state index contributed by atoms with van der Waals surface area (Å²) in [7, 11) is 0. The van der Waals surface area contributed by atoms with Crippen LogP contribution >= 0.6 is 0 Å². The first-order valence-corrected chi connectivity index (χ1v) is 14.8. The SMILES string of the molecule is C=C=C=C=C=C=C=C=C=C=C=C=COCC(O)COc1ccc(-c2nc(-c3ccc(C)cc3C)nc(-c3ccc(C)cc3C)n2)c(O)c1. The van der Waals surface area contributed by atoms with Crippen molar-refractivity contribution in [2.75, 3.05) is 13.2 Å². The molecular formula is C41H31N3O4. The van der Waals surface area contributed by atoms with Crippen LogP contribution < -0.4 is 4.74 Å². The van der Waals surface area contributed by atoms with Gasteiger partial charge < -0.3 is 19.7 Å². The molecule has 48 heavy (non-hydrogen) atoms. The fraction of sp³-hybridized carbons (Fsp3) is 0.171. The van der Waals surface area contributed by atoms with Gasteiger partial charge in [0.05, 0.1) is 5.56 Å². The predicted octanol–water partition coefficient (Wildman–Crippen LogP) is 7.42. The zero-order chi connectivity index (χ0) is 34.3. The summed E-state index contributed by atoms with van der Waals surface area (Å²) >= 11 is 0. The Hall–Kier alpha value is -6.65. The summed E-state index contributed by atoms with van der Waals surface area (Å²) in [6.07, 6.45) is 0.270. The van der Waals surface area contributed by atoms with Gasteiger partial charge in [-0.25, -0.2) is 15.0 Å². The topological polar surface area (TPSA) is 97.6 Å². The van der Waals surface area contributed by atoms with Gasteiger partial charge in [0.1, 0.15) is 37.1 Å². The lowest BCUT2D eigenvalue weighted by atomic mass is 10.0. The highest BCUT2D eigenvalue weighted by atomic mass is 16.5. The second-order valence-corrected chi connectivity index (χ2v) is 10.5. The molecule has 1 unspecified atom stereocenters. The molecule has 1 atom stereocenters. The van der Waals surface area contributed by atoms with Crippen LogP contribution in [0, 0.1) is 27.7 Å². The number of rotatable bonds is 9. The average molecular weight is 630 g/mol. The Bertz CT molecular complexity index is 2220. The molecule has 1 heterocycles. The van der Waals surface area contributed by atoms with Gasteiger partial charge >= 0.3 is 0 Å². The third-order valence-electron chi connectivity index (χ3n) is 6.62. The van der Waals surface area contributed by atoms with Crippen LogP contribution in [0.5, 0.6) is 11.5 Å². The van der Waals surface area contributed by atoms with Gasteiger partial charge in [0, 0.05) is 17.2 Å². The molecule has 4 aromatic rings. The second-order valence-electron chi connectivity index (χ2n) is 10.5. The molecule has 7 heteroatoms. The van der Waals surface area contributed by atoms with Gasteiger partial charge in [0.25, 0.3) is 0 Å². The van der Waals surface area contributed by atoms with E-state index >= 15 is 0 Å². The highest BCUT2D eigenvalue weighted by Crippen LogP contribution is 2.34. The number of hydrogen-bond donors (Lipinski definition) is 2. The molecule has 0 fully saturated rings. The van der Waals surface area contributed by atoms with E-state index in [0.29, 0.717) is 28.8 Å². The van der Waals surface area contributed by atoms with Gasteiger partial charge in [-0.3, -0.25) is 0 Å². The van der Waals surface area contributed by atoms with Crippen molar-refractivity contribution in [1.29, 1.82) is 0 Å². The zero-order valence-electron chi connectivity index (χ0n) is 27.0. The molecule has 0 radical (unpaired) electrons. The molecule has 0 aliphatic heterocycles. The van der Waals surface area contributed by atoms with E-state index in [1.165, 1.54) is 12.3 Å². The van der Waals surface area contributed by atoms with E-state index in [0.717, 1.165) is 33.4 Å². The van der Waals surface area contributed by atoms with Gasteiger partial charge in [0.2, 0.25) is 0 Å². The number of aryl methyl sites for hydroxylation is 4. The molecule has 2 N–H and O–H groups in total. The van der Waals surface area contributed by atoms with Crippen molar-refractivity contribution in [3.05, 3.63) is 153 Å². The second kappa shape index (κ2) is 17.2. The molecule has 0 aliphatic rings. The summed E-state index contributed by atoms with van der Waals surface area (Å²) in [5.41, 5.74) is 34.1. The first-order chi connectivity index (χ1) is 23.2. The molecule has 234 valence electrons. The number of aliphatic hydroxyl groups excluding tert-OH is 1. The minimum absolute atomic E-state index is 0.0575. The van der Waals surface area contributed by atoms with Crippen molar-refractivity contribution in [3.8, 4) is 45.7 Å². The van der Waals surface area contributed by atoms with Gasteiger partial charge in [-0.2, -0.15) is 0 Å². The number of benzene rings is 3. The number of aromatic nitrogens is 3. The molecule has 0 spiro atoms. The van der Waals surface area contributed by atoms with Crippen molar-refractivity contribution in [2.45, 2.75) is 33.8 Å². The highest BCUT2D eigenvalue weighted by molar-refractivity contribution is 5.72. The molecule has 3 aromatic carbocycles. The third kappa shape index (κ3) is 9.93. The number of phenols is 1. The molecule has 4 rings (SSSR count). The lowest BCUT2D eigenvalue weighted by molar-refractivity contribution is 0.0465. The molecule has 0 amide bonds. The van der Waals surface area contributed by atoms with Crippen molar-refractivity contribution in [3.63, 3.8) is 0 Å². The minimum Gasteiger partial charge on any atom is -0.507 e. The van der Waals surface area contributed by atoms with E-state index < -0.39 is 6.10 Å². The van der Waals surface area contributed by atoms with E-state index in [4.69, 9.17) is 24.4 Å². The van der Waals surface area contributed by atoms with Crippen LogP contribution in [0.3, 0.4) is 0 Å². The quantitative estimate of drug-likeness (QED) is 0.147. The number of ether oxygens (including phenoxy) is 2. The number of nitrogens with zero attached hydrogens (tertiary/aromatic N) is 3. The Morgan fingerprint density at radius 2 is 1.17 bits per heavy atom. The maximum absolute atomic E-state index is 11.0. The summed E-state index contributed by atoms with van der Waals surface area (Å²) in [5, 5.41) is 21.3. The lowest BCUT2D eigenvalue weighted by Gasteiger charge is -2.14. The smallest absolute Gasteiger partial charge is 0.167 e. The van der Waals surface area contributed by atoms with E-state index in [-0.39, 0.29) is 19.0 Å². The van der Waals surface area contributed by atoms with Gasteiger partial charge in [0.15, 0.2) is 17.5 Å². The highest BCUT2D eigenvalue weighted by Gasteiger charge is 2.17. The zero-order valence-corrected chi connectivity index (χ0v) is 27.0. The van der Waals surface area contributed by atoms with Crippen LogP contribution in [0.4, 0.5) is 0 Å². The van der Waals surface area contributed by atoms with Crippen molar-refractivity contribution >= 4 is 0 Å². The minimum atomic E-state index is -0.952. The van der Waals surface area contributed by atoms with Crippen LogP contribution in [0.1, 0.15) is 22.3 Å². The molecule has 0 bridgehead atoms. The Balaban J connectivity index is 1.50. The average Bonchev–Trinajstić information content (AvgIpc) is 3.05. The Labute approximate surface area is 279 Å². The van der Waals surface area contributed by atoms with Crippen LogP contribution in [0.25, 0.3) is 34.2 Å². The Morgan fingerprint density at radius 3 is 1.69 bits per heavy atom. The van der Waals surface area contributed by atoms with Crippen LogP contribution in [0.15, 0.2) is 130 Å². The van der Waals surface area contributed by atoms with E-state index in [1.54, 1.807) is 12.1 Å². The summed E-state index contributed by atoms with van der Waals surface area (Å²) < 4.78 is 10.9. The predicted molar refractivity (Wildman–Crippen MR) is 183 cm³/mol. The van der Waals surface area contributed by atoms with Crippen LogP contribution in [-0.4, -0.2) is 44.5 Å². The van der Waals surface area contributed by atoms with Gasteiger partial charge in [-0.15, -0.1) is 0 Å². The van der Waals surface area contributed by atoms with Crippen molar-refractivity contribution < 1.29 is 19.7 Å². The molecule has 7 nitrogen and oxygen atoms in total. The van der Waals surface area contributed by atoms with Crippen molar-refractivity contribution in [2.24, 2.45) is 0 Å². The molecular weight excluding hydrogens is 598 g/mol. The van der Waals surface area contributed by atoms with Crippen LogP contribution in [-0.2, 0) is 4.74 Å². The third-order valence-corrected chi connectivity index (χ3v) is 6.62. The Kier molecular flexibility index (Phi) is 12.2. The van der Waals surface area contributed by atoms with E-state index in [9.17, 15) is 10.2 Å². The first-order valence-electron chi connectivity index (χ1n) is 14.8. The van der Waals surface area contributed by atoms with E-state index in [2.05, 4.69) is 81.8 Å². The number of aliphatic hydroxyl groups is 1. The molecule has 1 aromatic heterocycles. The molecule has 0 aliphatic carbocycles. The number of aromatic hydroxyl groups is 1. The normalized spacial score (nSPS) is 9.94. The first kappa shape index (κ1) is 34.2. The summed E-state index contributed by atoms with van der Waals surface area (Å²) in [6.45, 7) is 11.3. The molecule has 0 saturated carbocycles. The van der Waals surface area contributed by atoms with E-state index in [1.807, 2.05) is 52.0 Å². The maximum Gasteiger partial charge on any atom is 0.167 e. The summed E-state index contributed by atoms with van der Waals surface area (Å²) in [6, 6.07) is 17.0. The molecule has 0 saturated heterocycles. The monoisotopic (exact) mass is 629 g/mol. The van der Waals surface area contributed by atoms with Gasteiger partial charge in [-0.1, -0.05) is 53.3 Å². The van der Waals surface area contributed by atoms with Crippen molar-refractivity contribution in [1.82, 2.24) is 15.0 Å². The van der Waals surface area contributed by atoms with Crippen LogP contribution in [0.2, 0.25) is 0 Å². The summed E-state index contributed by atoms with van der Waals surface area (Å²) in [4.78, 5) is 14.4. The standard InChI is InChI=1S/C41H31N3O4/c1-6-7-8-9-10-11-12-13-14-15-16-23-47-27-33(45)28-48-34-19-22-37(38(46)26-34)41-43-39(35-20-17-29(2)24-31(35)4)42-40(44-41)36-21-18-30(3)25-32(36)5/h17-26,33,45-46H,1,27-28H2,2-5H3. The number of hydrogen-bond acceptors (Lipinski definition) is 7. The maximum atomic E-state index is 11.0. The lowest BCUT2D eigenvalue weighted by Crippen LogP contribution is -2.22. The Morgan fingerprint density at radius 1 is 0.667 bits per heavy atom.